The summed E-state index contributed by atoms with van der Waals surface area (Å²) < 4.78 is 35.9. The second-order valence-corrected chi connectivity index (χ2v) is 3.75. The molecule has 0 unspecified atom stereocenters. The molecule has 0 aromatic heterocycles. The molecule has 0 fully saturated rings. The summed E-state index contributed by atoms with van der Waals surface area (Å²) in [6.45, 7) is 0.0172. The van der Waals surface area contributed by atoms with Crippen LogP contribution in [0.15, 0.2) is 28.7 Å². The third kappa shape index (κ3) is 4.52. The fourth-order valence-corrected chi connectivity index (χ4v) is 1.42. The van der Waals surface area contributed by atoms with Gasteiger partial charge < -0.3 is 5.32 Å². The molecule has 0 saturated heterocycles. The molecule has 1 aromatic carbocycles. The number of alkyl halides is 3. The van der Waals surface area contributed by atoms with Crippen molar-refractivity contribution >= 4 is 22.0 Å². The predicted octanol–water partition coefficient (Wildman–Crippen LogP) is 2.77. The van der Waals surface area contributed by atoms with Gasteiger partial charge in [-0.2, -0.15) is 13.2 Å². The van der Waals surface area contributed by atoms with E-state index in [1.165, 1.54) is 0 Å². The molecule has 0 bridgehead atoms. The molecule has 3 nitrogen and oxygen atoms in total. The van der Waals surface area contributed by atoms with Gasteiger partial charge in [0, 0.05) is 11.0 Å². The molecular weight excluding hydrogens is 289 g/mol. The van der Waals surface area contributed by atoms with Crippen LogP contribution < -0.4 is 10.6 Å². The Morgan fingerprint density at radius 1 is 1.31 bits per heavy atom. The van der Waals surface area contributed by atoms with Gasteiger partial charge in [-0.3, -0.25) is 0 Å². The molecule has 0 aliphatic rings. The van der Waals surface area contributed by atoms with Crippen molar-refractivity contribution in [3.63, 3.8) is 0 Å². The van der Waals surface area contributed by atoms with Gasteiger partial charge in [0.2, 0.25) is 0 Å². The topological polar surface area (TPSA) is 41.1 Å². The quantitative estimate of drug-likeness (QED) is 0.810. The minimum absolute atomic E-state index is 0.0172. The van der Waals surface area contributed by atoms with Gasteiger partial charge in [-0.25, -0.2) is 10.1 Å². The number of urea groups is 1. The standard InChI is InChI=1S/C9H8BrF3N2O/c10-7-4-2-1-3-6(7)5-14-8(16)15-9(11,12)13/h1-4H,5H2,(H2,14,15,16). The van der Waals surface area contributed by atoms with Crippen molar-refractivity contribution in [2.45, 2.75) is 12.8 Å². The molecule has 0 radical (unpaired) electrons. The van der Waals surface area contributed by atoms with Crippen LogP contribution in [0.4, 0.5) is 18.0 Å². The first-order valence-electron chi connectivity index (χ1n) is 4.24. The lowest BCUT2D eigenvalue weighted by molar-refractivity contribution is -0.145. The summed E-state index contributed by atoms with van der Waals surface area (Å²) in [7, 11) is 0. The highest BCUT2D eigenvalue weighted by atomic mass is 79.9. The van der Waals surface area contributed by atoms with Crippen molar-refractivity contribution in [2.75, 3.05) is 0 Å². The van der Waals surface area contributed by atoms with Gasteiger partial charge in [0.15, 0.2) is 0 Å². The summed E-state index contributed by atoms with van der Waals surface area (Å²) >= 11 is 3.21. The smallest absolute Gasteiger partial charge is 0.334 e. The van der Waals surface area contributed by atoms with E-state index < -0.39 is 12.3 Å². The van der Waals surface area contributed by atoms with E-state index in [2.05, 4.69) is 21.2 Å². The molecule has 0 aliphatic heterocycles. The van der Waals surface area contributed by atoms with Crippen LogP contribution in [0.1, 0.15) is 5.56 Å². The monoisotopic (exact) mass is 296 g/mol. The molecule has 0 spiro atoms. The Hall–Kier alpha value is -1.24. The largest absolute Gasteiger partial charge is 0.485 e. The number of carbonyl (C=O) groups excluding carboxylic acids is 1. The number of amides is 2. The van der Waals surface area contributed by atoms with E-state index >= 15 is 0 Å². The number of halogens is 4. The van der Waals surface area contributed by atoms with Crippen molar-refractivity contribution in [3.05, 3.63) is 34.3 Å². The van der Waals surface area contributed by atoms with Crippen LogP contribution in [0.5, 0.6) is 0 Å². The molecular formula is C9H8BrF3N2O. The second-order valence-electron chi connectivity index (χ2n) is 2.90. The third-order valence-corrected chi connectivity index (χ3v) is 2.43. The van der Waals surface area contributed by atoms with Crippen LogP contribution >= 0.6 is 15.9 Å². The van der Waals surface area contributed by atoms with E-state index in [1.807, 2.05) is 0 Å². The first-order chi connectivity index (χ1) is 7.38. The molecule has 0 heterocycles. The summed E-state index contributed by atoms with van der Waals surface area (Å²) in [4.78, 5) is 10.8. The number of hydrogen-bond donors (Lipinski definition) is 2. The lowest BCUT2D eigenvalue weighted by Crippen LogP contribution is -2.43. The van der Waals surface area contributed by atoms with E-state index in [0.29, 0.717) is 5.56 Å². The number of carbonyl (C=O) groups is 1. The first kappa shape index (κ1) is 12.8. The molecule has 88 valence electrons. The molecule has 2 N–H and O–H groups in total. The van der Waals surface area contributed by atoms with Crippen LogP contribution in [-0.2, 0) is 6.54 Å². The highest BCUT2D eigenvalue weighted by Gasteiger charge is 2.29. The molecule has 1 aromatic rings. The van der Waals surface area contributed by atoms with Gasteiger partial charge in [0.25, 0.3) is 0 Å². The molecule has 2 amide bonds. The Morgan fingerprint density at radius 3 is 2.50 bits per heavy atom. The van der Waals surface area contributed by atoms with Gasteiger partial charge >= 0.3 is 12.3 Å². The van der Waals surface area contributed by atoms with Crippen LogP contribution in [0.2, 0.25) is 0 Å². The van der Waals surface area contributed by atoms with Crippen LogP contribution in [0, 0.1) is 0 Å². The fraction of sp³-hybridized carbons (Fsp3) is 0.222. The van der Waals surface area contributed by atoms with Gasteiger partial charge in [-0.1, -0.05) is 34.1 Å². The van der Waals surface area contributed by atoms with Crippen molar-refractivity contribution < 1.29 is 18.0 Å². The average Bonchev–Trinajstić information content (AvgIpc) is 2.14. The summed E-state index contributed by atoms with van der Waals surface area (Å²) in [5, 5.41) is 2.94. The predicted molar refractivity (Wildman–Crippen MR) is 55.6 cm³/mol. The molecule has 16 heavy (non-hydrogen) atoms. The highest BCUT2D eigenvalue weighted by molar-refractivity contribution is 9.10. The molecule has 0 saturated carbocycles. The van der Waals surface area contributed by atoms with Crippen molar-refractivity contribution in [2.24, 2.45) is 0 Å². The minimum Gasteiger partial charge on any atom is -0.334 e. The minimum atomic E-state index is -4.71. The lowest BCUT2D eigenvalue weighted by atomic mass is 10.2. The third-order valence-electron chi connectivity index (χ3n) is 1.65. The van der Waals surface area contributed by atoms with Crippen LogP contribution in [-0.4, -0.2) is 12.3 Å². The van der Waals surface area contributed by atoms with Crippen molar-refractivity contribution in [3.8, 4) is 0 Å². The van der Waals surface area contributed by atoms with E-state index in [-0.39, 0.29) is 6.54 Å². The second kappa shape index (κ2) is 5.20. The summed E-state index contributed by atoms with van der Waals surface area (Å²) in [6.07, 6.45) is -4.71. The first-order valence-corrected chi connectivity index (χ1v) is 5.04. The van der Waals surface area contributed by atoms with Gasteiger partial charge in [-0.05, 0) is 11.6 Å². The Balaban J connectivity index is 2.47. The maximum atomic E-state index is 11.7. The Labute approximate surface area is 98.2 Å². The number of benzene rings is 1. The van der Waals surface area contributed by atoms with Crippen LogP contribution in [0.25, 0.3) is 0 Å². The van der Waals surface area contributed by atoms with Crippen molar-refractivity contribution in [1.82, 2.24) is 10.6 Å². The van der Waals surface area contributed by atoms with Gasteiger partial charge in [0.1, 0.15) is 0 Å². The Kier molecular flexibility index (Phi) is 4.17. The lowest BCUT2D eigenvalue weighted by Gasteiger charge is -2.10. The number of rotatable bonds is 2. The Morgan fingerprint density at radius 2 is 1.94 bits per heavy atom. The van der Waals surface area contributed by atoms with E-state index in [4.69, 9.17) is 0 Å². The molecule has 1 rings (SSSR count). The van der Waals surface area contributed by atoms with Gasteiger partial charge in [0.05, 0.1) is 0 Å². The van der Waals surface area contributed by atoms with E-state index in [9.17, 15) is 18.0 Å². The maximum absolute atomic E-state index is 11.7. The average molecular weight is 297 g/mol. The Bertz CT molecular complexity index is 381. The number of hydrogen-bond acceptors (Lipinski definition) is 1. The highest BCUT2D eigenvalue weighted by Crippen LogP contribution is 2.15. The molecule has 0 aliphatic carbocycles. The summed E-state index contributed by atoms with van der Waals surface area (Å²) in [6, 6.07) is 5.65. The maximum Gasteiger partial charge on any atom is 0.485 e. The summed E-state index contributed by atoms with van der Waals surface area (Å²) in [5.74, 6) is 0. The normalized spacial score (nSPS) is 11.0. The van der Waals surface area contributed by atoms with E-state index in [1.54, 1.807) is 24.3 Å². The van der Waals surface area contributed by atoms with Crippen molar-refractivity contribution in [1.29, 1.82) is 0 Å². The zero-order valence-electron chi connectivity index (χ0n) is 7.94. The van der Waals surface area contributed by atoms with Gasteiger partial charge in [-0.15, -0.1) is 0 Å². The SMILES string of the molecule is O=C(NCc1ccccc1Br)NC(F)(F)F. The zero-order valence-corrected chi connectivity index (χ0v) is 9.52. The zero-order chi connectivity index (χ0) is 12.2. The summed E-state index contributed by atoms with van der Waals surface area (Å²) in [5.41, 5.74) is 0.694. The van der Waals surface area contributed by atoms with Crippen LogP contribution in [0.3, 0.4) is 0 Å². The number of nitrogens with one attached hydrogen (secondary N) is 2. The van der Waals surface area contributed by atoms with E-state index in [0.717, 1.165) is 9.79 Å². The molecule has 7 heteroatoms. The molecule has 0 atom stereocenters. The fourth-order valence-electron chi connectivity index (χ4n) is 0.990.